The van der Waals surface area contributed by atoms with Crippen LogP contribution in [0.25, 0.3) is 0 Å². The standard InChI is InChI=1S/C29H23NO6S2/c31-28-29(23-15-7-2-8-16-23,30-27(36-28)22-13-5-1-6-14-22)21-26(37(32,33)24-17-9-3-10-18-24)38(34,35)25-19-11-4-12-20-25/h1-20,26H,21H2/t29-/m1/s1. The van der Waals surface area contributed by atoms with Gasteiger partial charge in [-0.1, -0.05) is 84.9 Å². The van der Waals surface area contributed by atoms with Crippen molar-refractivity contribution in [3.8, 4) is 0 Å². The molecule has 7 nitrogen and oxygen atoms in total. The summed E-state index contributed by atoms with van der Waals surface area (Å²) in [6.07, 6.45) is -0.680. The van der Waals surface area contributed by atoms with E-state index in [1.165, 1.54) is 48.5 Å². The first-order valence-corrected chi connectivity index (χ1v) is 14.9. The van der Waals surface area contributed by atoms with Crippen molar-refractivity contribution < 1.29 is 26.4 Å². The predicted molar refractivity (Wildman–Crippen MR) is 143 cm³/mol. The number of sulfone groups is 2. The smallest absolute Gasteiger partial charge is 0.345 e. The first-order chi connectivity index (χ1) is 18.2. The summed E-state index contributed by atoms with van der Waals surface area (Å²) in [7, 11) is -9.02. The predicted octanol–water partition coefficient (Wildman–Crippen LogP) is 4.55. The number of ether oxygens (including phenoxy) is 1. The van der Waals surface area contributed by atoms with Crippen molar-refractivity contribution >= 4 is 31.5 Å². The fraction of sp³-hybridized carbons (Fsp3) is 0.103. The van der Waals surface area contributed by atoms with E-state index in [0.717, 1.165) is 0 Å². The summed E-state index contributed by atoms with van der Waals surface area (Å²) in [6, 6.07) is 31.7. The number of rotatable bonds is 8. The van der Waals surface area contributed by atoms with Crippen LogP contribution < -0.4 is 0 Å². The molecule has 192 valence electrons. The molecule has 0 aromatic heterocycles. The third kappa shape index (κ3) is 4.55. The second-order valence-corrected chi connectivity index (χ2v) is 13.3. The number of carbonyl (C=O) groups excluding carboxylic acids is 1. The van der Waals surface area contributed by atoms with Gasteiger partial charge in [-0.25, -0.2) is 26.6 Å². The fourth-order valence-corrected chi connectivity index (χ4v) is 9.01. The van der Waals surface area contributed by atoms with Crippen LogP contribution in [0.4, 0.5) is 0 Å². The molecule has 1 heterocycles. The van der Waals surface area contributed by atoms with E-state index in [1.54, 1.807) is 72.8 Å². The highest BCUT2D eigenvalue weighted by molar-refractivity contribution is 8.09. The van der Waals surface area contributed by atoms with Crippen LogP contribution in [0.15, 0.2) is 136 Å². The molecule has 1 aliphatic heterocycles. The van der Waals surface area contributed by atoms with E-state index in [2.05, 4.69) is 4.99 Å². The van der Waals surface area contributed by atoms with Gasteiger partial charge in [0, 0.05) is 12.0 Å². The number of hydrogen-bond acceptors (Lipinski definition) is 7. The normalized spacial score (nSPS) is 17.7. The van der Waals surface area contributed by atoms with Gasteiger partial charge in [0.1, 0.15) is 0 Å². The number of cyclic esters (lactones) is 1. The van der Waals surface area contributed by atoms with Gasteiger partial charge >= 0.3 is 5.97 Å². The van der Waals surface area contributed by atoms with Crippen LogP contribution in [0.3, 0.4) is 0 Å². The van der Waals surface area contributed by atoms with Crippen LogP contribution in [0.1, 0.15) is 17.5 Å². The lowest BCUT2D eigenvalue weighted by Crippen LogP contribution is -2.41. The Balaban J connectivity index is 1.74. The Bertz CT molecular complexity index is 1620. The number of nitrogens with zero attached hydrogens (tertiary/aromatic N) is 1. The second-order valence-electron chi connectivity index (χ2n) is 8.75. The van der Waals surface area contributed by atoms with Gasteiger partial charge in [-0.2, -0.15) is 0 Å². The molecule has 4 aromatic carbocycles. The SMILES string of the molecule is O=C1OC(c2ccccc2)=N[C@]1(CC(S(=O)(=O)c1ccccc1)S(=O)(=O)c1ccccc1)c1ccccc1. The zero-order chi connectivity index (χ0) is 26.8. The van der Waals surface area contributed by atoms with Crippen LogP contribution >= 0.6 is 0 Å². The molecule has 38 heavy (non-hydrogen) atoms. The minimum atomic E-state index is -4.51. The van der Waals surface area contributed by atoms with E-state index in [-0.39, 0.29) is 15.7 Å². The Kier molecular flexibility index (Phi) is 6.73. The summed E-state index contributed by atoms with van der Waals surface area (Å²) in [4.78, 5) is 17.9. The maximum absolute atomic E-state index is 14.0. The average Bonchev–Trinajstić information content (AvgIpc) is 3.30. The highest BCUT2D eigenvalue weighted by Crippen LogP contribution is 2.42. The molecule has 0 unspecified atom stereocenters. The second kappa shape index (κ2) is 10.00. The van der Waals surface area contributed by atoms with E-state index in [0.29, 0.717) is 11.1 Å². The Hall–Kier alpha value is -4.08. The molecular weight excluding hydrogens is 522 g/mol. The van der Waals surface area contributed by atoms with E-state index in [9.17, 15) is 21.6 Å². The van der Waals surface area contributed by atoms with Gasteiger partial charge in [0.2, 0.25) is 5.90 Å². The number of benzene rings is 4. The van der Waals surface area contributed by atoms with Gasteiger partial charge in [-0.05, 0) is 42.0 Å². The topological polar surface area (TPSA) is 107 Å². The van der Waals surface area contributed by atoms with Crippen molar-refractivity contribution in [1.29, 1.82) is 0 Å². The van der Waals surface area contributed by atoms with Crippen molar-refractivity contribution in [2.45, 2.75) is 26.3 Å². The molecule has 5 rings (SSSR count). The summed E-state index contributed by atoms with van der Waals surface area (Å²) in [5.74, 6) is -0.855. The van der Waals surface area contributed by atoms with E-state index < -0.39 is 42.2 Å². The summed E-state index contributed by atoms with van der Waals surface area (Å²) >= 11 is 0. The maximum atomic E-state index is 14.0. The van der Waals surface area contributed by atoms with Gasteiger partial charge < -0.3 is 4.74 Å². The van der Waals surface area contributed by atoms with Crippen molar-refractivity contribution in [2.24, 2.45) is 4.99 Å². The molecule has 0 radical (unpaired) electrons. The van der Waals surface area contributed by atoms with Gasteiger partial charge in [-0.3, -0.25) is 0 Å². The molecular formula is C29H23NO6S2. The van der Waals surface area contributed by atoms with Crippen LogP contribution in [0.2, 0.25) is 0 Å². The molecule has 0 spiro atoms. The van der Waals surface area contributed by atoms with Gasteiger partial charge in [-0.15, -0.1) is 0 Å². The maximum Gasteiger partial charge on any atom is 0.345 e. The minimum absolute atomic E-state index is 0.00702. The van der Waals surface area contributed by atoms with E-state index >= 15 is 0 Å². The highest BCUT2D eigenvalue weighted by atomic mass is 32.3. The molecule has 1 aliphatic rings. The fourth-order valence-electron chi connectivity index (χ4n) is 4.41. The lowest BCUT2D eigenvalue weighted by Gasteiger charge is -2.28. The number of carbonyl (C=O) groups is 1. The monoisotopic (exact) mass is 545 g/mol. The molecule has 0 saturated carbocycles. The number of aliphatic imine (C=N–C) groups is 1. The van der Waals surface area contributed by atoms with Gasteiger partial charge in [0.05, 0.1) is 9.79 Å². The molecule has 0 fully saturated rings. The molecule has 0 bridgehead atoms. The molecule has 0 amide bonds. The Morgan fingerprint density at radius 3 is 1.53 bits per heavy atom. The lowest BCUT2D eigenvalue weighted by molar-refractivity contribution is -0.139. The van der Waals surface area contributed by atoms with Crippen LogP contribution in [0.5, 0.6) is 0 Å². The number of esters is 1. The van der Waals surface area contributed by atoms with Crippen molar-refractivity contribution in [1.82, 2.24) is 0 Å². The molecule has 0 aliphatic carbocycles. The molecule has 9 heteroatoms. The third-order valence-corrected chi connectivity index (χ3v) is 11.5. The Morgan fingerprint density at radius 1 is 0.632 bits per heavy atom. The summed E-state index contributed by atoms with van der Waals surface area (Å²) in [5.41, 5.74) is -1.08. The summed E-state index contributed by atoms with van der Waals surface area (Å²) in [5, 5.41) is 0. The summed E-state index contributed by atoms with van der Waals surface area (Å²) < 4.78 is 59.5. The Morgan fingerprint density at radius 2 is 1.05 bits per heavy atom. The third-order valence-electron chi connectivity index (χ3n) is 6.39. The lowest BCUT2D eigenvalue weighted by atomic mass is 9.88. The van der Waals surface area contributed by atoms with Gasteiger partial charge in [0.15, 0.2) is 29.8 Å². The first-order valence-electron chi connectivity index (χ1n) is 11.8. The van der Waals surface area contributed by atoms with Crippen molar-refractivity contribution in [2.75, 3.05) is 0 Å². The van der Waals surface area contributed by atoms with Crippen LogP contribution in [-0.2, 0) is 34.7 Å². The molecule has 0 N–H and O–H groups in total. The quantitative estimate of drug-likeness (QED) is 0.301. The van der Waals surface area contributed by atoms with Crippen molar-refractivity contribution in [3.63, 3.8) is 0 Å². The van der Waals surface area contributed by atoms with E-state index in [4.69, 9.17) is 4.74 Å². The first kappa shape index (κ1) is 25.6. The van der Waals surface area contributed by atoms with Crippen LogP contribution in [0, 0.1) is 0 Å². The van der Waals surface area contributed by atoms with Gasteiger partial charge in [0.25, 0.3) is 0 Å². The van der Waals surface area contributed by atoms with Crippen molar-refractivity contribution in [3.05, 3.63) is 132 Å². The zero-order valence-electron chi connectivity index (χ0n) is 20.0. The number of hydrogen-bond donors (Lipinski definition) is 0. The van der Waals surface area contributed by atoms with Crippen LogP contribution in [-0.4, -0.2) is 33.3 Å². The average molecular weight is 546 g/mol. The van der Waals surface area contributed by atoms with E-state index in [1.807, 2.05) is 0 Å². The largest absolute Gasteiger partial charge is 0.405 e. The minimum Gasteiger partial charge on any atom is -0.405 e. The highest BCUT2D eigenvalue weighted by Gasteiger charge is 2.54. The molecule has 4 aromatic rings. The Labute approximate surface area is 221 Å². The zero-order valence-corrected chi connectivity index (χ0v) is 21.7. The molecule has 1 atom stereocenters. The summed E-state index contributed by atoms with van der Waals surface area (Å²) in [6.45, 7) is 0. The molecule has 0 saturated heterocycles.